The lowest BCUT2D eigenvalue weighted by atomic mass is 10.0. The lowest BCUT2D eigenvalue weighted by Gasteiger charge is -2.24. The number of nitrogens with one attached hydrogen (secondary N) is 1. The minimum atomic E-state index is -1.11. The van der Waals surface area contributed by atoms with Crippen molar-refractivity contribution in [3.8, 4) is 0 Å². The molecule has 0 aliphatic rings. The van der Waals surface area contributed by atoms with Crippen LogP contribution in [0, 0.1) is 11.6 Å². The molecule has 20 heavy (non-hydrogen) atoms. The van der Waals surface area contributed by atoms with E-state index >= 15 is 0 Å². The van der Waals surface area contributed by atoms with Gasteiger partial charge >= 0.3 is 0 Å². The number of aromatic nitrogens is 1. The quantitative estimate of drug-likeness (QED) is 0.856. The first-order valence-corrected chi connectivity index (χ1v) is 6.66. The van der Waals surface area contributed by atoms with Crippen molar-refractivity contribution in [2.75, 3.05) is 5.73 Å². The topological polar surface area (TPSA) is 68.0 Å². The van der Waals surface area contributed by atoms with E-state index in [1.54, 1.807) is 25.4 Å². The van der Waals surface area contributed by atoms with Gasteiger partial charge in [0.2, 0.25) is 0 Å². The summed E-state index contributed by atoms with van der Waals surface area (Å²) in [5, 5.41) is 5.19. The number of nitrogens with two attached hydrogens (primary N) is 1. The minimum Gasteiger partial charge on any atom is -0.398 e. The number of carbonyl (C=O) groups is 1. The Balaban J connectivity index is 2.27. The predicted molar refractivity (Wildman–Crippen MR) is 73.4 cm³/mol. The van der Waals surface area contributed by atoms with Gasteiger partial charge in [-0.1, -0.05) is 0 Å². The summed E-state index contributed by atoms with van der Waals surface area (Å²) in [6, 6.07) is 1.58. The van der Waals surface area contributed by atoms with Crippen LogP contribution in [-0.4, -0.2) is 10.9 Å². The normalized spacial score (nSPS) is 11.4. The van der Waals surface area contributed by atoms with E-state index in [9.17, 15) is 13.6 Å². The minimum absolute atomic E-state index is 0.103. The van der Waals surface area contributed by atoms with Crippen molar-refractivity contribution in [1.29, 1.82) is 0 Å². The lowest BCUT2D eigenvalue weighted by molar-refractivity contribution is 0.0912. The van der Waals surface area contributed by atoms with Gasteiger partial charge in [-0.3, -0.25) is 4.79 Å². The van der Waals surface area contributed by atoms with Crippen LogP contribution in [0.15, 0.2) is 23.7 Å². The molecule has 0 bridgehead atoms. The third-order valence-corrected chi connectivity index (χ3v) is 3.83. The fourth-order valence-electron chi connectivity index (χ4n) is 1.70. The monoisotopic (exact) mass is 297 g/mol. The van der Waals surface area contributed by atoms with E-state index in [0.29, 0.717) is 5.01 Å². The molecule has 2 aromatic rings. The molecule has 0 aliphatic heterocycles. The molecule has 4 nitrogen and oxygen atoms in total. The summed E-state index contributed by atoms with van der Waals surface area (Å²) in [5.41, 5.74) is 4.60. The van der Waals surface area contributed by atoms with Crippen molar-refractivity contribution < 1.29 is 13.6 Å². The molecule has 7 heteroatoms. The molecule has 0 fully saturated rings. The average Bonchev–Trinajstić information content (AvgIpc) is 2.87. The first kappa shape index (κ1) is 14.4. The Bertz CT molecular complexity index is 641. The van der Waals surface area contributed by atoms with Gasteiger partial charge in [-0.2, -0.15) is 0 Å². The maximum absolute atomic E-state index is 13.2. The Morgan fingerprint density at radius 1 is 1.35 bits per heavy atom. The first-order valence-electron chi connectivity index (χ1n) is 5.78. The average molecular weight is 297 g/mol. The number of hydrogen-bond acceptors (Lipinski definition) is 4. The lowest BCUT2D eigenvalue weighted by Crippen LogP contribution is -2.41. The molecule has 2 rings (SSSR count). The SMILES string of the molecule is CC(C)(NC(=O)c1cc(F)c(F)cc1N)c1nccs1. The van der Waals surface area contributed by atoms with Crippen LogP contribution in [0.4, 0.5) is 14.5 Å². The second-order valence-electron chi connectivity index (χ2n) is 4.77. The number of rotatable bonds is 3. The molecule has 0 saturated carbocycles. The van der Waals surface area contributed by atoms with Crippen LogP contribution in [0.5, 0.6) is 0 Å². The molecular formula is C13H13F2N3OS. The fraction of sp³-hybridized carbons (Fsp3) is 0.231. The van der Waals surface area contributed by atoms with Gasteiger partial charge in [-0.25, -0.2) is 13.8 Å². The molecule has 1 aromatic carbocycles. The molecule has 0 atom stereocenters. The number of thiazole rings is 1. The fourth-order valence-corrected chi connectivity index (χ4v) is 2.41. The van der Waals surface area contributed by atoms with Crippen molar-refractivity contribution >= 4 is 22.9 Å². The maximum atomic E-state index is 13.2. The first-order chi connectivity index (χ1) is 9.31. The predicted octanol–water partition coefficient (Wildman–Crippen LogP) is 2.67. The zero-order chi connectivity index (χ0) is 14.9. The Kier molecular flexibility index (Phi) is 3.71. The summed E-state index contributed by atoms with van der Waals surface area (Å²) in [5.74, 6) is -2.78. The molecule has 1 amide bonds. The van der Waals surface area contributed by atoms with Crippen LogP contribution < -0.4 is 11.1 Å². The van der Waals surface area contributed by atoms with Crippen molar-refractivity contribution in [3.63, 3.8) is 0 Å². The van der Waals surface area contributed by atoms with Crippen molar-refractivity contribution in [1.82, 2.24) is 10.3 Å². The van der Waals surface area contributed by atoms with Crippen molar-refractivity contribution in [3.05, 3.63) is 45.9 Å². The molecular weight excluding hydrogens is 284 g/mol. The highest BCUT2D eigenvalue weighted by Gasteiger charge is 2.27. The number of carbonyl (C=O) groups excluding carboxylic acids is 1. The summed E-state index contributed by atoms with van der Waals surface area (Å²) in [6.07, 6.45) is 1.62. The van der Waals surface area contributed by atoms with Gasteiger partial charge in [0.25, 0.3) is 5.91 Å². The second kappa shape index (κ2) is 5.16. The molecule has 106 valence electrons. The van der Waals surface area contributed by atoms with Gasteiger partial charge in [-0.15, -0.1) is 11.3 Å². The Morgan fingerprint density at radius 3 is 2.60 bits per heavy atom. The summed E-state index contributed by atoms with van der Waals surface area (Å²) in [6.45, 7) is 3.53. The van der Waals surface area contributed by atoms with Gasteiger partial charge in [0, 0.05) is 23.3 Å². The van der Waals surface area contributed by atoms with Crippen molar-refractivity contribution in [2.24, 2.45) is 0 Å². The van der Waals surface area contributed by atoms with Gasteiger partial charge in [0.1, 0.15) is 5.01 Å². The number of benzene rings is 1. The highest BCUT2D eigenvalue weighted by molar-refractivity contribution is 7.09. The number of hydrogen-bond donors (Lipinski definition) is 2. The van der Waals surface area contributed by atoms with E-state index in [1.165, 1.54) is 11.3 Å². The number of halogens is 2. The summed E-state index contributed by atoms with van der Waals surface area (Å²) in [7, 11) is 0. The van der Waals surface area contributed by atoms with Crippen LogP contribution in [0.3, 0.4) is 0 Å². The van der Waals surface area contributed by atoms with E-state index in [4.69, 9.17) is 5.73 Å². The van der Waals surface area contributed by atoms with E-state index in [0.717, 1.165) is 12.1 Å². The number of amides is 1. The number of anilines is 1. The third-order valence-electron chi connectivity index (χ3n) is 2.73. The summed E-state index contributed by atoms with van der Waals surface area (Å²) in [4.78, 5) is 16.3. The molecule has 3 N–H and O–H groups in total. The summed E-state index contributed by atoms with van der Waals surface area (Å²) < 4.78 is 26.2. The Hall–Kier alpha value is -2.02. The van der Waals surface area contributed by atoms with Gasteiger partial charge in [0.15, 0.2) is 11.6 Å². The second-order valence-corrected chi connectivity index (χ2v) is 5.66. The molecule has 1 aromatic heterocycles. The standard InChI is InChI=1S/C13H13F2N3OS/c1-13(2,12-17-3-4-20-12)18-11(19)7-5-8(14)9(15)6-10(7)16/h3-6H,16H2,1-2H3,(H,18,19). The van der Waals surface area contributed by atoms with E-state index < -0.39 is 23.1 Å². The van der Waals surface area contributed by atoms with E-state index in [2.05, 4.69) is 10.3 Å². The highest BCUT2D eigenvalue weighted by Crippen LogP contribution is 2.24. The van der Waals surface area contributed by atoms with Crippen LogP contribution in [-0.2, 0) is 5.54 Å². The van der Waals surface area contributed by atoms with Crippen LogP contribution >= 0.6 is 11.3 Å². The largest absolute Gasteiger partial charge is 0.398 e. The third kappa shape index (κ3) is 2.77. The van der Waals surface area contributed by atoms with Crippen LogP contribution in [0.1, 0.15) is 29.2 Å². The smallest absolute Gasteiger partial charge is 0.254 e. The van der Waals surface area contributed by atoms with Crippen molar-refractivity contribution in [2.45, 2.75) is 19.4 Å². The van der Waals surface area contributed by atoms with Gasteiger partial charge in [-0.05, 0) is 19.9 Å². The van der Waals surface area contributed by atoms with Crippen LogP contribution in [0.2, 0.25) is 0 Å². The van der Waals surface area contributed by atoms with E-state index in [-0.39, 0.29) is 11.3 Å². The number of nitrogens with zero attached hydrogens (tertiary/aromatic N) is 1. The summed E-state index contributed by atoms with van der Waals surface area (Å²) >= 11 is 1.39. The van der Waals surface area contributed by atoms with Gasteiger partial charge < -0.3 is 11.1 Å². The highest BCUT2D eigenvalue weighted by atomic mass is 32.1. The van der Waals surface area contributed by atoms with Gasteiger partial charge in [0.05, 0.1) is 11.1 Å². The molecule has 0 radical (unpaired) electrons. The molecule has 1 heterocycles. The zero-order valence-electron chi connectivity index (χ0n) is 10.9. The Labute approximate surface area is 118 Å². The molecule has 0 unspecified atom stereocenters. The molecule has 0 aliphatic carbocycles. The number of nitrogen functional groups attached to an aromatic ring is 1. The van der Waals surface area contributed by atoms with Crippen LogP contribution in [0.25, 0.3) is 0 Å². The molecule has 0 saturated heterocycles. The zero-order valence-corrected chi connectivity index (χ0v) is 11.7. The van der Waals surface area contributed by atoms with E-state index in [1.807, 2.05) is 0 Å². The molecule has 0 spiro atoms. The Morgan fingerprint density at radius 2 is 2.00 bits per heavy atom. The maximum Gasteiger partial charge on any atom is 0.254 e.